The number of nitrogens with zero attached hydrogens (tertiary/aromatic N) is 4. The Kier molecular flexibility index (Phi) is 9.55. The second kappa shape index (κ2) is 13.7. The third-order valence-corrected chi connectivity index (χ3v) is 8.17. The molecule has 0 radical (unpaired) electrons. The Bertz CT molecular complexity index is 1380. The van der Waals surface area contributed by atoms with E-state index in [0.717, 1.165) is 39.1 Å². The number of carbonyl (C=O) groups excluding carboxylic acids is 2. The number of hydrogen-bond acceptors (Lipinski definition) is 7. The molecule has 2 amide bonds. The minimum Gasteiger partial charge on any atom is -0.497 e. The largest absolute Gasteiger partial charge is 0.497 e. The summed E-state index contributed by atoms with van der Waals surface area (Å²) in [7, 11) is 3.18. The Labute approximate surface area is 252 Å². The second-order valence-electron chi connectivity index (χ2n) is 10.4. The number of amides is 2. The second-order valence-corrected chi connectivity index (χ2v) is 10.7. The summed E-state index contributed by atoms with van der Waals surface area (Å²) < 4.78 is 10.6. The molecule has 0 saturated carbocycles. The number of benzene rings is 3. The van der Waals surface area contributed by atoms with E-state index in [1.807, 2.05) is 29.2 Å². The molecule has 2 aliphatic rings. The lowest BCUT2D eigenvalue weighted by atomic mass is 10.1. The van der Waals surface area contributed by atoms with Gasteiger partial charge in [-0.15, -0.1) is 0 Å². The van der Waals surface area contributed by atoms with Crippen LogP contribution in [-0.2, 0) is 9.59 Å². The fourth-order valence-electron chi connectivity index (χ4n) is 5.47. The van der Waals surface area contributed by atoms with Gasteiger partial charge in [-0.05, 0) is 73.7 Å². The molecule has 1 atom stereocenters. The standard InChI is InChI=1S/C32H37N5O4S/c1-40-27-14-12-24(13-15-27)33-30(38)23-29-31(39)37(26-10-6-11-28(22-26)41-2)32(42)36(29)17-7-16-34-18-20-35(21-19-34)25-8-4-3-5-9-25/h3-6,8-15,22,29H,7,16-21,23H2,1-2H3,(H,33,38)/t29-/m1/s1. The van der Waals surface area contributed by atoms with Crippen molar-refractivity contribution in [3.8, 4) is 11.5 Å². The normalized spacial score (nSPS) is 17.5. The smallest absolute Gasteiger partial charge is 0.256 e. The number of nitrogens with one attached hydrogen (secondary N) is 1. The van der Waals surface area contributed by atoms with Crippen LogP contribution in [-0.4, -0.2) is 86.3 Å². The molecule has 220 valence electrons. The van der Waals surface area contributed by atoms with E-state index in [0.29, 0.717) is 34.5 Å². The number of anilines is 3. The molecule has 3 aromatic rings. The van der Waals surface area contributed by atoms with Crippen LogP contribution >= 0.6 is 12.2 Å². The first-order valence-electron chi connectivity index (χ1n) is 14.2. The van der Waals surface area contributed by atoms with Crippen molar-refractivity contribution < 1.29 is 19.1 Å². The van der Waals surface area contributed by atoms with Crippen LogP contribution in [0.25, 0.3) is 0 Å². The Morgan fingerprint density at radius 2 is 1.55 bits per heavy atom. The number of rotatable bonds is 11. The highest BCUT2D eigenvalue weighted by Crippen LogP contribution is 2.30. The molecule has 0 spiro atoms. The zero-order valence-electron chi connectivity index (χ0n) is 24.1. The molecular weight excluding hydrogens is 550 g/mol. The van der Waals surface area contributed by atoms with Crippen LogP contribution in [0.3, 0.4) is 0 Å². The minimum atomic E-state index is -0.697. The first-order valence-corrected chi connectivity index (χ1v) is 14.6. The van der Waals surface area contributed by atoms with Crippen molar-refractivity contribution in [2.24, 2.45) is 0 Å². The first-order chi connectivity index (χ1) is 20.5. The fourth-order valence-corrected chi connectivity index (χ4v) is 5.88. The van der Waals surface area contributed by atoms with Crippen LogP contribution < -0.4 is 24.6 Å². The molecule has 3 aromatic carbocycles. The Morgan fingerprint density at radius 3 is 2.24 bits per heavy atom. The number of carbonyl (C=O) groups is 2. The molecule has 2 aliphatic heterocycles. The lowest BCUT2D eigenvalue weighted by Crippen LogP contribution is -2.47. The van der Waals surface area contributed by atoms with Crippen molar-refractivity contribution >= 4 is 46.2 Å². The van der Waals surface area contributed by atoms with E-state index in [4.69, 9.17) is 21.7 Å². The van der Waals surface area contributed by atoms with Gasteiger partial charge in [0.05, 0.1) is 26.3 Å². The van der Waals surface area contributed by atoms with E-state index in [1.54, 1.807) is 44.6 Å². The van der Waals surface area contributed by atoms with Crippen molar-refractivity contribution in [3.05, 3.63) is 78.9 Å². The minimum absolute atomic E-state index is 0.0127. The molecule has 9 nitrogen and oxygen atoms in total. The average Bonchev–Trinajstić information content (AvgIpc) is 3.26. The summed E-state index contributed by atoms with van der Waals surface area (Å²) in [5.74, 6) is 0.862. The Morgan fingerprint density at radius 1 is 0.857 bits per heavy atom. The molecule has 2 saturated heterocycles. The summed E-state index contributed by atoms with van der Waals surface area (Å²) >= 11 is 5.85. The summed E-state index contributed by atoms with van der Waals surface area (Å²) in [4.78, 5) is 35.2. The maximum Gasteiger partial charge on any atom is 0.256 e. The number of ether oxygens (including phenoxy) is 2. The highest BCUT2D eigenvalue weighted by molar-refractivity contribution is 7.80. The van der Waals surface area contributed by atoms with E-state index in [1.165, 1.54) is 10.6 Å². The van der Waals surface area contributed by atoms with Gasteiger partial charge in [-0.1, -0.05) is 24.3 Å². The fraction of sp³-hybridized carbons (Fsp3) is 0.344. The van der Waals surface area contributed by atoms with Crippen molar-refractivity contribution in [1.29, 1.82) is 0 Å². The number of methoxy groups -OCH3 is 2. The van der Waals surface area contributed by atoms with Gasteiger partial charge in [-0.25, -0.2) is 0 Å². The van der Waals surface area contributed by atoms with E-state index < -0.39 is 6.04 Å². The topological polar surface area (TPSA) is 77.6 Å². The number of hydrogen-bond donors (Lipinski definition) is 1. The molecular formula is C32H37N5O4S. The van der Waals surface area contributed by atoms with Crippen molar-refractivity contribution in [2.75, 3.05) is 68.6 Å². The van der Waals surface area contributed by atoms with Crippen LogP contribution in [0.5, 0.6) is 11.5 Å². The van der Waals surface area contributed by atoms with Gasteiger partial charge in [0.15, 0.2) is 5.11 Å². The summed E-state index contributed by atoms with van der Waals surface area (Å²) in [5.41, 5.74) is 2.52. The Balaban J connectivity index is 1.24. The summed E-state index contributed by atoms with van der Waals surface area (Å²) in [5, 5.41) is 3.31. The van der Waals surface area contributed by atoms with Gasteiger partial charge in [0.1, 0.15) is 17.5 Å². The maximum absolute atomic E-state index is 13.8. The van der Waals surface area contributed by atoms with Gasteiger partial charge in [0.25, 0.3) is 5.91 Å². The summed E-state index contributed by atoms with van der Waals surface area (Å²) in [6.07, 6.45) is 0.808. The van der Waals surface area contributed by atoms with Crippen LogP contribution in [0, 0.1) is 0 Å². The molecule has 42 heavy (non-hydrogen) atoms. The third kappa shape index (κ3) is 6.83. The molecule has 1 N–H and O–H groups in total. The quantitative estimate of drug-likeness (QED) is 0.334. The molecule has 2 fully saturated rings. The molecule has 0 bridgehead atoms. The van der Waals surface area contributed by atoms with Gasteiger partial charge < -0.3 is 24.6 Å². The van der Waals surface area contributed by atoms with E-state index in [2.05, 4.69) is 39.4 Å². The predicted molar refractivity (Wildman–Crippen MR) is 170 cm³/mol. The van der Waals surface area contributed by atoms with Gasteiger partial charge in [0.2, 0.25) is 5.91 Å². The lowest BCUT2D eigenvalue weighted by Gasteiger charge is -2.36. The molecule has 2 heterocycles. The van der Waals surface area contributed by atoms with Gasteiger partial charge >= 0.3 is 0 Å². The van der Waals surface area contributed by atoms with Crippen LogP contribution in [0.1, 0.15) is 12.8 Å². The first kappa shape index (κ1) is 29.3. The van der Waals surface area contributed by atoms with Crippen molar-refractivity contribution in [3.63, 3.8) is 0 Å². The van der Waals surface area contributed by atoms with Crippen LogP contribution in [0.4, 0.5) is 17.1 Å². The highest BCUT2D eigenvalue weighted by Gasteiger charge is 2.44. The van der Waals surface area contributed by atoms with E-state index in [-0.39, 0.29) is 18.2 Å². The van der Waals surface area contributed by atoms with E-state index >= 15 is 0 Å². The lowest BCUT2D eigenvalue weighted by molar-refractivity contribution is -0.124. The van der Waals surface area contributed by atoms with Crippen molar-refractivity contribution in [2.45, 2.75) is 18.9 Å². The number of piperazine rings is 1. The summed E-state index contributed by atoms with van der Waals surface area (Å²) in [6, 6.07) is 24.2. The average molecular weight is 588 g/mol. The van der Waals surface area contributed by atoms with Gasteiger partial charge in [0, 0.05) is 50.2 Å². The summed E-state index contributed by atoms with van der Waals surface area (Å²) in [6.45, 7) is 5.36. The Hall–Kier alpha value is -4.15. The van der Waals surface area contributed by atoms with Crippen molar-refractivity contribution in [1.82, 2.24) is 9.80 Å². The predicted octanol–water partition coefficient (Wildman–Crippen LogP) is 4.25. The zero-order valence-corrected chi connectivity index (χ0v) is 24.9. The third-order valence-electron chi connectivity index (χ3n) is 7.75. The van der Waals surface area contributed by atoms with E-state index in [9.17, 15) is 9.59 Å². The maximum atomic E-state index is 13.8. The number of para-hydroxylation sites is 1. The van der Waals surface area contributed by atoms with Crippen LogP contribution in [0.2, 0.25) is 0 Å². The molecule has 5 rings (SSSR count). The molecule has 0 aliphatic carbocycles. The molecule has 10 heteroatoms. The number of thiocarbonyl (C=S) groups is 1. The highest BCUT2D eigenvalue weighted by atomic mass is 32.1. The molecule has 0 aromatic heterocycles. The van der Waals surface area contributed by atoms with Gasteiger partial charge in [-0.2, -0.15) is 0 Å². The molecule has 0 unspecified atom stereocenters. The SMILES string of the molecule is COc1ccc(NC(=O)C[C@@H]2C(=O)N(c3cccc(OC)c3)C(=S)N2CCCN2CCN(c3ccccc3)CC2)cc1. The zero-order chi connectivity index (χ0) is 29.5. The van der Waals surface area contributed by atoms with Gasteiger partial charge in [-0.3, -0.25) is 19.4 Å². The monoisotopic (exact) mass is 587 g/mol. The van der Waals surface area contributed by atoms with Crippen LogP contribution in [0.15, 0.2) is 78.9 Å².